The third-order valence-corrected chi connectivity index (χ3v) is 5.21. The van der Waals surface area contributed by atoms with Crippen molar-refractivity contribution in [2.45, 2.75) is 12.8 Å². The van der Waals surface area contributed by atoms with Gasteiger partial charge in [0.15, 0.2) is 0 Å². The Kier molecular flexibility index (Phi) is 5.92. The lowest BCUT2D eigenvalue weighted by Crippen LogP contribution is -2.17. The third-order valence-electron chi connectivity index (χ3n) is 3.55. The second kappa shape index (κ2) is 8.04. The highest BCUT2D eigenvalue weighted by Gasteiger charge is 2.30. The molecule has 1 aliphatic rings. The largest absolute Gasteiger partial charge is 0.488 e. The number of nitrogens with one attached hydrogen (secondary N) is 1. The molecule has 1 N–H and O–H groups in total. The number of amides is 1. The molecule has 0 aromatic heterocycles. The smallest absolute Gasteiger partial charge is 0.416 e. The first kappa shape index (κ1) is 19.9. The summed E-state index contributed by atoms with van der Waals surface area (Å²) in [6, 6.07) is 10.1. The van der Waals surface area contributed by atoms with Gasteiger partial charge < -0.3 is 10.1 Å². The Morgan fingerprint density at radius 1 is 1.22 bits per heavy atom. The summed E-state index contributed by atoms with van der Waals surface area (Å²) in [5.74, 6) is 0.142. The summed E-state index contributed by atoms with van der Waals surface area (Å²) >= 11 is 9.46. The van der Waals surface area contributed by atoms with Crippen molar-refractivity contribution in [2.75, 3.05) is 0 Å². The van der Waals surface area contributed by atoms with Gasteiger partial charge in [0, 0.05) is 10.0 Å². The predicted octanol–water partition coefficient (Wildman–Crippen LogP) is 5.54. The molecular weight excluding hydrogens is 463 g/mol. The van der Waals surface area contributed by atoms with E-state index in [9.17, 15) is 18.0 Å². The molecule has 1 saturated heterocycles. The third kappa shape index (κ3) is 5.12. The Hall–Kier alpha value is -1.84. The van der Waals surface area contributed by atoms with Crippen molar-refractivity contribution in [1.82, 2.24) is 5.32 Å². The minimum absolute atomic E-state index is 0.0422. The second-order valence-electron chi connectivity index (χ2n) is 5.52. The molecule has 2 aromatic rings. The quantitative estimate of drug-likeness (QED) is 0.467. The van der Waals surface area contributed by atoms with E-state index in [2.05, 4.69) is 21.2 Å². The van der Waals surface area contributed by atoms with E-state index in [0.717, 1.165) is 28.4 Å². The Bertz CT molecular complexity index is 944. The summed E-state index contributed by atoms with van der Waals surface area (Å²) < 4.78 is 45.3. The molecule has 0 atom stereocenters. The van der Waals surface area contributed by atoms with E-state index >= 15 is 0 Å². The normalized spacial score (nSPS) is 15.9. The van der Waals surface area contributed by atoms with Crippen LogP contribution < -0.4 is 10.1 Å². The fourth-order valence-corrected chi connectivity index (χ4v) is 3.74. The van der Waals surface area contributed by atoms with Gasteiger partial charge in [-0.15, -0.1) is 0 Å². The Morgan fingerprint density at radius 2 is 2.00 bits per heavy atom. The molecule has 0 radical (unpaired) electrons. The molecule has 0 spiro atoms. The second-order valence-corrected chi connectivity index (χ2v) is 8.16. The van der Waals surface area contributed by atoms with Gasteiger partial charge >= 0.3 is 6.18 Å². The van der Waals surface area contributed by atoms with Gasteiger partial charge in [-0.3, -0.25) is 4.79 Å². The van der Waals surface area contributed by atoms with Crippen LogP contribution in [0.1, 0.15) is 16.7 Å². The van der Waals surface area contributed by atoms with Gasteiger partial charge in [0.2, 0.25) is 0 Å². The summed E-state index contributed by atoms with van der Waals surface area (Å²) in [7, 11) is 0. The summed E-state index contributed by atoms with van der Waals surface area (Å²) in [5, 5.41) is 2.53. The van der Waals surface area contributed by atoms with Crippen LogP contribution in [0.15, 0.2) is 51.8 Å². The predicted molar refractivity (Wildman–Crippen MR) is 106 cm³/mol. The maximum absolute atomic E-state index is 12.8. The Morgan fingerprint density at radius 3 is 2.67 bits per heavy atom. The number of carbonyl (C=O) groups excluding carboxylic acids is 1. The molecule has 0 aliphatic carbocycles. The molecule has 1 aliphatic heterocycles. The van der Waals surface area contributed by atoms with E-state index < -0.39 is 11.7 Å². The van der Waals surface area contributed by atoms with Crippen molar-refractivity contribution >= 4 is 56.2 Å². The number of ether oxygens (including phenoxy) is 1. The number of benzene rings is 2. The highest BCUT2D eigenvalue weighted by molar-refractivity contribution is 9.10. The van der Waals surface area contributed by atoms with Crippen molar-refractivity contribution in [2.24, 2.45) is 0 Å². The number of alkyl halides is 3. The molecule has 140 valence electrons. The average Bonchev–Trinajstić information content (AvgIpc) is 2.91. The van der Waals surface area contributed by atoms with E-state index in [1.165, 1.54) is 6.07 Å². The number of thiocarbonyl (C=S) groups is 1. The van der Waals surface area contributed by atoms with Crippen LogP contribution >= 0.6 is 39.9 Å². The van der Waals surface area contributed by atoms with Gasteiger partial charge in [-0.05, 0) is 42.0 Å². The first-order valence-corrected chi connectivity index (χ1v) is 9.57. The molecule has 1 heterocycles. The molecule has 0 unspecified atom stereocenters. The summed E-state index contributed by atoms with van der Waals surface area (Å²) in [6.07, 6.45) is -2.78. The summed E-state index contributed by atoms with van der Waals surface area (Å²) in [5.41, 5.74) is 0.272. The molecule has 2 aromatic carbocycles. The van der Waals surface area contributed by atoms with Crippen molar-refractivity contribution in [3.8, 4) is 5.75 Å². The van der Waals surface area contributed by atoms with E-state index in [1.54, 1.807) is 30.3 Å². The fourth-order valence-electron chi connectivity index (χ4n) is 2.32. The highest BCUT2D eigenvalue weighted by atomic mass is 79.9. The Balaban J connectivity index is 1.83. The van der Waals surface area contributed by atoms with Crippen LogP contribution in [-0.2, 0) is 17.6 Å². The van der Waals surface area contributed by atoms with E-state index in [4.69, 9.17) is 17.0 Å². The van der Waals surface area contributed by atoms with Gasteiger partial charge in [0.05, 0.1) is 10.5 Å². The van der Waals surface area contributed by atoms with Crippen LogP contribution in [0.5, 0.6) is 5.75 Å². The number of halogens is 4. The first-order valence-electron chi connectivity index (χ1n) is 7.56. The minimum Gasteiger partial charge on any atom is -0.488 e. The van der Waals surface area contributed by atoms with Gasteiger partial charge in [-0.25, -0.2) is 0 Å². The zero-order valence-electron chi connectivity index (χ0n) is 13.5. The molecule has 27 heavy (non-hydrogen) atoms. The SMILES string of the molecule is O=C1NC(=S)S/C1=C\c1cc(Br)ccc1OCc1cccc(C(F)(F)F)c1. The van der Waals surface area contributed by atoms with Gasteiger partial charge in [0.25, 0.3) is 5.91 Å². The first-order chi connectivity index (χ1) is 12.7. The number of rotatable bonds is 4. The minimum atomic E-state index is -4.41. The van der Waals surface area contributed by atoms with Crippen LogP contribution in [0.25, 0.3) is 6.08 Å². The van der Waals surface area contributed by atoms with Crippen LogP contribution in [0.3, 0.4) is 0 Å². The van der Waals surface area contributed by atoms with Crippen molar-refractivity contribution in [3.05, 3.63) is 68.5 Å². The number of thioether (sulfide) groups is 1. The average molecular weight is 474 g/mol. The molecule has 3 nitrogen and oxygen atoms in total. The topological polar surface area (TPSA) is 38.3 Å². The van der Waals surface area contributed by atoms with Gasteiger partial charge in [-0.1, -0.05) is 52.0 Å². The molecule has 9 heteroatoms. The van der Waals surface area contributed by atoms with E-state index in [-0.39, 0.29) is 12.5 Å². The lowest BCUT2D eigenvalue weighted by Gasteiger charge is -2.12. The monoisotopic (exact) mass is 473 g/mol. The molecule has 1 fully saturated rings. The number of hydrogen-bond acceptors (Lipinski definition) is 4. The van der Waals surface area contributed by atoms with E-state index in [0.29, 0.717) is 26.1 Å². The number of carbonyl (C=O) groups is 1. The van der Waals surface area contributed by atoms with Gasteiger partial charge in [0.1, 0.15) is 16.7 Å². The fraction of sp³-hybridized carbons (Fsp3) is 0.111. The van der Waals surface area contributed by atoms with Crippen LogP contribution in [0.2, 0.25) is 0 Å². The summed E-state index contributed by atoms with van der Waals surface area (Å²) in [4.78, 5) is 12.3. The standard InChI is InChI=1S/C18H11BrF3NO2S2/c19-13-4-5-14(11(7-13)8-15-16(24)23-17(26)27-15)25-9-10-2-1-3-12(6-10)18(20,21)22/h1-8H,9H2,(H,23,24,26)/b15-8-. The molecule has 0 bridgehead atoms. The van der Waals surface area contributed by atoms with Crippen LogP contribution in [0, 0.1) is 0 Å². The van der Waals surface area contributed by atoms with E-state index in [1.807, 2.05) is 0 Å². The maximum Gasteiger partial charge on any atom is 0.416 e. The zero-order chi connectivity index (χ0) is 19.6. The van der Waals surface area contributed by atoms with Gasteiger partial charge in [-0.2, -0.15) is 13.2 Å². The van der Waals surface area contributed by atoms with Crippen LogP contribution in [0.4, 0.5) is 13.2 Å². The molecule has 3 rings (SSSR count). The highest BCUT2D eigenvalue weighted by Crippen LogP contribution is 2.32. The summed E-state index contributed by atoms with van der Waals surface area (Å²) in [6.45, 7) is -0.0422. The lowest BCUT2D eigenvalue weighted by molar-refractivity contribution is -0.137. The van der Waals surface area contributed by atoms with Crippen molar-refractivity contribution in [3.63, 3.8) is 0 Å². The lowest BCUT2D eigenvalue weighted by atomic mass is 10.1. The number of hydrogen-bond donors (Lipinski definition) is 1. The molecule has 1 amide bonds. The van der Waals surface area contributed by atoms with Crippen molar-refractivity contribution < 1.29 is 22.7 Å². The van der Waals surface area contributed by atoms with Crippen molar-refractivity contribution in [1.29, 1.82) is 0 Å². The maximum atomic E-state index is 12.8. The zero-order valence-corrected chi connectivity index (χ0v) is 16.7. The van der Waals surface area contributed by atoms with Crippen LogP contribution in [-0.4, -0.2) is 10.2 Å². The molecular formula is C18H11BrF3NO2S2. The Labute approximate surface area is 171 Å². The molecule has 0 saturated carbocycles.